The number of carbonyl (C=O) groups is 3. The first-order valence-electron chi connectivity index (χ1n) is 11.2. The van der Waals surface area contributed by atoms with E-state index in [9.17, 15) is 22.8 Å². The molecule has 2 aliphatic heterocycles. The van der Waals surface area contributed by atoms with Gasteiger partial charge in [0.1, 0.15) is 0 Å². The van der Waals surface area contributed by atoms with Crippen molar-refractivity contribution in [3.63, 3.8) is 0 Å². The maximum absolute atomic E-state index is 13.3. The molecule has 1 saturated heterocycles. The lowest BCUT2D eigenvalue weighted by atomic mass is 10.1. The van der Waals surface area contributed by atoms with Crippen molar-refractivity contribution in [2.24, 2.45) is 0 Å². The van der Waals surface area contributed by atoms with Gasteiger partial charge in [-0.1, -0.05) is 24.3 Å². The van der Waals surface area contributed by atoms with Crippen LogP contribution in [-0.2, 0) is 19.6 Å². The maximum atomic E-state index is 13.3. The van der Waals surface area contributed by atoms with Gasteiger partial charge in [0.2, 0.25) is 21.8 Å². The van der Waals surface area contributed by atoms with Crippen LogP contribution in [0, 0.1) is 0 Å². The number of piperazine rings is 1. The molecule has 2 aromatic rings. The summed E-state index contributed by atoms with van der Waals surface area (Å²) >= 11 is 0. The Balaban J connectivity index is 1.41. The number of Topliss-reactive ketones (excluding diaryl/α,β-unsaturated/α-hetero) is 1. The van der Waals surface area contributed by atoms with Crippen LogP contribution in [0.5, 0.6) is 0 Å². The minimum atomic E-state index is -3.68. The van der Waals surface area contributed by atoms with Crippen LogP contribution in [0.15, 0.2) is 53.4 Å². The zero-order valence-electron chi connectivity index (χ0n) is 19.2. The average Bonchev–Trinajstić information content (AvgIpc) is 2.93. The fourth-order valence-electron chi connectivity index (χ4n) is 4.37. The lowest BCUT2D eigenvalue weighted by Crippen LogP contribution is -2.52. The van der Waals surface area contributed by atoms with E-state index in [1.54, 1.807) is 11.0 Å². The molecule has 4 rings (SSSR count). The average molecular weight is 485 g/mol. The van der Waals surface area contributed by atoms with Gasteiger partial charge in [-0.05, 0) is 38.1 Å². The van der Waals surface area contributed by atoms with Crippen LogP contribution in [0.4, 0.5) is 11.4 Å². The molecule has 34 heavy (non-hydrogen) atoms. The first kappa shape index (κ1) is 24.1. The summed E-state index contributed by atoms with van der Waals surface area (Å²) in [7, 11) is -3.68. The molecule has 2 heterocycles. The Hall–Kier alpha value is -3.08. The number of amides is 2. The van der Waals surface area contributed by atoms with Gasteiger partial charge in [-0.3, -0.25) is 19.3 Å². The summed E-state index contributed by atoms with van der Waals surface area (Å²) in [4.78, 5) is 40.6. The van der Waals surface area contributed by atoms with Crippen LogP contribution in [0.2, 0.25) is 0 Å². The summed E-state index contributed by atoms with van der Waals surface area (Å²) in [6, 6.07) is 12.9. The highest BCUT2D eigenvalue weighted by atomic mass is 32.2. The second-order valence-electron chi connectivity index (χ2n) is 8.64. The number of fused-ring (bicyclic) bond motifs is 1. The van der Waals surface area contributed by atoms with Crippen molar-refractivity contribution in [1.82, 2.24) is 9.21 Å². The minimum absolute atomic E-state index is 0.122. The molecule has 1 N–H and O–H groups in total. The molecule has 0 aromatic heterocycles. The van der Waals surface area contributed by atoms with Crippen molar-refractivity contribution < 1.29 is 22.8 Å². The van der Waals surface area contributed by atoms with Crippen LogP contribution in [-0.4, -0.2) is 74.0 Å². The summed E-state index contributed by atoms with van der Waals surface area (Å²) in [6.07, 6.45) is 0.203. The summed E-state index contributed by atoms with van der Waals surface area (Å²) in [5, 5.41) is 2.85. The smallest absolute Gasteiger partial charge is 0.243 e. The number of sulfonamides is 1. The van der Waals surface area contributed by atoms with Gasteiger partial charge in [0.15, 0.2) is 5.78 Å². The van der Waals surface area contributed by atoms with Gasteiger partial charge in [0.25, 0.3) is 0 Å². The molecule has 0 bridgehead atoms. The molecule has 0 aliphatic carbocycles. The van der Waals surface area contributed by atoms with E-state index in [-0.39, 0.29) is 54.6 Å². The van der Waals surface area contributed by atoms with Crippen molar-refractivity contribution in [3.8, 4) is 0 Å². The molecular formula is C24H28N4O5S. The highest BCUT2D eigenvalue weighted by molar-refractivity contribution is 7.89. The van der Waals surface area contributed by atoms with Crippen molar-refractivity contribution in [1.29, 1.82) is 0 Å². The van der Waals surface area contributed by atoms with E-state index in [0.29, 0.717) is 30.0 Å². The number of nitrogens with zero attached hydrogens (tertiary/aromatic N) is 3. The van der Waals surface area contributed by atoms with Gasteiger partial charge < -0.3 is 10.2 Å². The lowest BCUT2D eigenvalue weighted by Gasteiger charge is -2.35. The van der Waals surface area contributed by atoms with E-state index < -0.39 is 10.0 Å². The van der Waals surface area contributed by atoms with E-state index in [1.807, 2.05) is 30.0 Å². The first-order valence-corrected chi connectivity index (χ1v) is 12.7. The number of anilines is 2. The zero-order valence-corrected chi connectivity index (χ0v) is 20.0. The van der Waals surface area contributed by atoms with Crippen LogP contribution in [0.3, 0.4) is 0 Å². The van der Waals surface area contributed by atoms with Gasteiger partial charge in [-0.25, -0.2) is 8.42 Å². The Morgan fingerprint density at radius 2 is 1.65 bits per heavy atom. The predicted octanol–water partition coefficient (Wildman–Crippen LogP) is 1.96. The molecule has 1 fully saturated rings. The van der Waals surface area contributed by atoms with Crippen LogP contribution < -0.4 is 10.2 Å². The van der Waals surface area contributed by atoms with E-state index >= 15 is 0 Å². The Morgan fingerprint density at radius 3 is 2.29 bits per heavy atom. The fraction of sp³-hybridized carbons (Fsp3) is 0.375. The third-order valence-electron chi connectivity index (χ3n) is 6.22. The van der Waals surface area contributed by atoms with Crippen molar-refractivity contribution in [2.45, 2.75) is 31.2 Å². The first-order chi connectivity index (χ1) is 16.2. The second kappa shape index (κ2) is 9.65. The Bertz CT molecular complexity index is 1200. The van der Waals surface area contributed by atoms with Gasteiger partial charge in [-0.2, -0.15) is 4.31 Å². The second-order valence-corrected chi connectivity index (χ2v) is 10.6. The van der Waals surface area contributed by atoms with Crippen LogP contribution in [0.25, 0.3) is 0 Å². The van der Waals surface area contributed by atoms with Crippen LogP contribution >= 0.6 is 0 Å². The van der Waals surface area contributed by atoms with Crippen molar-refractivity contribution in [3.05, 3.63) is 54.1 Å². The summed E-state index contributed by atoms with van der Waals surface area (Å²) in [6.45, 7) is 4.76. The third kappa shape index (κ3) is 4.89. The number of nitrogens with one attached hydrogen (secondary N) is 1. The molecule has 0 saturated carbocycles. The van der Waals surface area contributed by atoms with E-state index in [1.165, 1.54) is 35.5 Å². The molecule has 180 valence electrons. The molecule has 2 aromatic carbocycles. The van der Waals surface area contributed by atoms with E-state index in [2.05, 4.69) is 5.32 Å². The highest BCUT2D eigenvalue weighted by Crippen LogP contribution is 2.31. The largest absolute Gasteiger partial charge is 0.324 e. The molecule has 0 unspecified atom stereocenters. The molecule has 2 aliphatic rings. The maximum Gasteiger partial charge on any atom is 0.243 e. The quantitative estimate of drug-likeness (QED) is 0.651. The SMILES string of the molecule is CC(=O)c1ccc(S(=O)(=O)N2CCN(CC(=O)N3c4ccccc4NC(=O)C[C@H]3C)CC2)cc1. The monoisotopic (exact) mass is 484 g/mol. The Kier molecular flexibility index (Phi) is 6.83. The molecular weight excluding hydrogens is 456 g/mol. The molecule has 1 atom stereocenters. The fourth-order valence-corrected chi connectivity index (χ4v) is 5.80. The molecule has 0 radical (unpaired) electrons. The number of rotatable bonds is 5. The number of benzene rings is 2. The molecule has 2 amide bonds. The van der Waals surface area contributed by atoms with E-state index in [0.717, 1.165) is 0 Å². The zero-order chi connectivity index (χ0) is 24.5. The Morgan fingerprint density at radius 1 is 1.00 bits per heavy atom. The van der Waals surface area contributed by atoms with Gasteiger partial charge in [-0.15, -0.1) is 0 Å². The summed E-state index contributed by atoms with van der Waals surface area (Å²) in [5.41, 5.74) is 1.74. The van der Waals surface area contributed by atoms with Gasteiger partial charge in [0.05, 0.1) is 22.8 Å². The third-order valence-corrected chi connectivity index (χ3v) is 8.13. The molecule has 10 heteroatoms. The number of hydrogen-bond donors (Lipinski definition) is 1. The topological polar surface area (TPSA) is 107 Å². The van der Waals surface area contributed by atoms with E-state index in [4.69, 9.17) is 0 Å². The van der Waals surface area contributed by atoms with Crippen molar-refractivity contribution >= 4 is 39.0 Å². The summed E-state index contributed by atoms with van der Waals surface area (Å²) in [5.74, 6) is -0.387. The number of carbonyl (C=O) groups excluding carboxylic acids is 3. The minimum Gasteiger partial charge on any atom is -0.324 e. The predicted molar refractivity (Wildman–Crippen MR) is 128 cm³/mol. The normalized spacial score (nSPS) is 19.8. The number of hydrogen-bond acceptors (Lipinski definition) is 6. The van der Waals surface area contributed by atoms with Gasteiger partial charge >= 0.3 is 0 Å². The number of ketones is 1. The standard InChI is InChI=1S/C24H28N4O5S/c1-17-15-23(30)25-21-5-3-4-6-22(21)28(17)24(31)16-26-11-13-27(14-12-26)34(32,33)20-9-7-19(8-10-20)18(2)29/h3-10,17H,11-16H2,1-2H3,(H,25,30)/t17-/m1/s1. The van der Waals surface area contributed by atoms with Crippen LogP contribution in [0.1, 0.15) is 30.6 Å². The lowest BCUT2D eigenvalue weighted by molar-refractivity contribution is -0.120. The van der Waals surface area contributed by atoms with Gasteiger partial charge in [0, 0.05) is 44.2 Å². The molecule has 0 spiro atoms. The Labute approximate surface area is 199 Å². The highest BCUT2D eigenvalue weighted by Gasteiger charge is 2.33. The van der Waals surface area contributed by atoms with Crippen molar-refractivity contribution in [2.75, 3.05) is 42.9 Å². The molecule has 9 nitrogen and oxygen atoms in total. The number of para-hydroxylation sites is 2. The summed E-state index contributed by atoms with van der Waals surface area (Å²) < 4.78 is 27.4.